The fourth-order valence-corrected chi connectivity index (χ4v) is 5.19. The molecule has 1 aliphatic rings. The molecule has 0 aliphatic carbocycles. The molecule has 3 rings (SSSR count). The fraction of sp³-hybridized carbons (Fsp3) is 0.333. The molecule has 0 unspecified atom stereocenters. The van der Waals surface area contributed by atoms with Gasteiger partial charge in [-0.3, -0.25) is 10.1 Å². The number of nitro benzene ring substituents is 1. The molecule has 1 fully saturated rings. The molecule has 1 saturated heterocycles. The third-order valence-corrected chi connectivity index (χ3v) is 6.72. The van der Waals surface area contributed by atoms with Gasteiger partial charge in [-0.1, -0.05) is 23.7 Å². The molecular weight excluding hydrogens is 390 g/mol. The van der Waals surface area contributed by atoms with Crippen LogP contribution in [0.5, 0.6) is 0 Å². The molecule has 0 saturated carbocycles. The SMILES string of the molecule is CN(Cc1cccc(Cl)c1)c1ccc([N+](=O)[O-])cc1S(=O)(=O)N1CCCC1. The molecule has 144 valence electrons. The van der Waals surface area contributed by atoms with Crippen LogP contribution in [0, 0.1) is 10.1 Å². The number of halogens is 1. The van der Waals surface area contributed by atoms with E-state index in [1.165, 1.54) is 16.4 Å². The van der Waals surface area contributed by atoms with Crippen molar-refractivity contribution in [2.45, 2.75) is 24.3 Å². The summed E-state index contributed by atoms with van der Waals surface area (Å²) < 4.78 is 27.6. The van der Waals surface area contributed by atoms with E-state index in [-0.39, 0.29) is 10.6 Å². The van der Waals surface area contributed by atoms with Crippen LogP contribution < -0.4 is 4.90 Å². The summed E-state index contributed by atoms with van der Waals surface area (Å²) >= 11 is 6.02. The Kier molecular flexibility index (Phi) is 5.69. The van der Waals surface area contributed by atoms with Crippen LogP contribution >= 0.6 is 11.6 Å². The van der Waals surface area contributed by atoms with Crippen molar-refractivity contribution in [1.29, 1.82) is 0 Å². The standard InChI is InChI=1S/C18H20ClN3O4S/c1-20(13-14-5-4-6-15(19)11-14)17-8-7-16(22(23)24)12-18(17)27(25,26)21-9-2-3-10-21/h4-8,11-12H,2-3,9-10,13H2,1H3. The second kappa shape index (κ2) is 7.84. The Labute approximate surface area is 163 Å². The lowest BCUT2D eigenvalue weighted by Crippen LogP contribution is -2.30. The molecule has 0 atom stereocenters. The molecule has 1 heterocycles. The molecular formula is C18H20ClN3O4S. The zero-order valence-corrected chi connectivity index (χ0v) is 16.4. The number of hydrogen-bond donors (Lipinski definition) is 0. The molecule has 0 amide bonds. The molecule has 27 heavy (non-hydrogen) atoms. The van der Waals surface area contributed by atoms with Gasteiger partial charge in [0.05, 0.1) is 10.6 Å². The van der Waals surface area contributed by atoms with E-state index < -0.39 is 14.9 Å². The normalized spacial score (nSPS) is 15.0. The largest absolute Gasteiger partial charge is 0.369 e. The molecule has 2 aromatic carbocycles. The fourth-order valence-electron chi connectivity index (χ4n) is 3.20. The Morgan fingerprint density at radius 3 is 2.52 bits per heavy atom. The van der Waals surface area contributed by atoms with Gasteiger partial charge in [0.2, 0.25) is 10.0 Å². The van der Waals surface area contributed by atoms with Gasteiger partial charge in [0, 0.05) is 43.8 Å². The Morgan fingerprint density at radius 2 is 1.89 bits per heavy atom. The first kappa shape index (κ1) is 19.6. The molecule has 1 aliphatic heterocycles. The molecule has 7 nitrogen and oxygen atoms in total. The quantitative estimate of drug-likeness (QED) is 0.537. The van der Waals surface area contributed by atoms with Crippen molar-refractivity contribution in [3.05, 3.63) is 63.2 Å². The lowest BCUT2D eigenvalue weighted by atomic mass is 10.2. The number of non-ortho nitro benzene ring substituents is 1. The topological polar surface area (TPSA) is 83.8 Å². The van der Waals surface area contributed by atoms with Crippen molar-refractivity contribution in [3.8, 4) is 0 Å². The minimum absolute atomic E-state index is 0.0388. The molecule has 2 aromatic rings. The smallest absolute Gasteiger partial charge is 0.270 e. The average Bonchev–Trinajstić information content (AvgIpc) is 3.16. The van der Waals surface area contributed by atoms with E-state index in [2.05, 4.69) is 0 Å². The summed E-state index contributed by atoms with van der Waals surface area (Å²) in [5, 5.41) is 11.8. The lowest BCUT2D eigenvalue weighted by Gasteiger charge is -2.24. The Balaban J connectivity index is 2.02. The summed E-state index contributed by atoms with van der Waals surface area (Å²) in [5.41, 5.74) is 1.09. The first-order valence-electron chi connectivity index (χ1n) is 8.53. The molecule has 0 aromatic heterocycles. The number of anilines is 1. The maximum atomic E-state index is 13.1. The van der Waals surface area contributed by atoms with Gasteiger partial charge >= 0.3 is 0 Å². The van der Waals surface area contributed by atoms with E-state index >= 15 is 0 Å². The highest BCUT2D eigenvalue weighted by atomic mass is 35.5. The van der Waals surface area contributed by atoms with Crippen LogP contribution in [-0.4, -0.2) is 37.8 Å². The molecule has 9 heteroatoms. The predicted octanol–water partition coefficient (Wildman–Crippen LogP) is 3.67. The van der Waals surface area contributed by atoms with Crippen molar-refractivity contribution in [2.24, 2.45) is 0 Å². The van der Waals surface area contributed by atoms with E-state index in [1.54, 1.807) is 24.1 Å². The number of benzene rings is 2. The van der Waals surface area contributed by atoms with Gasteiger partial charge in [-0.15, -0.1) is 0 Å². The Hall–Kier alpha value is -2.16. The van der Waals surface area contributed by atoms with Gasteiger partial charge in [0.1, 0.15) is 4.90 Å². The van der Waals surface area contributed by atoms with Gasteiger partial charge in [0.15, 0.2) is 0 Å². The average molecular weight is 410 g/mol. The van der Waals surface area contributed by atoms with Crippen molar-refractivity contribution in [3.63, 3.8) is 0 Å². The zero-order chi connectivity index (χ0) is 19.6. The third-order valence-electron chi connectivity index (χ3n) is 4.56. The zero-order valence-electron chi connectivity index (χ0n) is 14.8. The van der Waals surface area contributed by atoms with Crippen LogP contribution in [0.2, 0.25) is 5.02 Å². The number of nitro groups is 1. The molecule has 0 bridgehead atoms. The highest BCUT2D eigenvalue weighted by molar-refractivity contribution is 7.89. The number of nitrogens with zero attached hydrogens (tertiary/aromatic N) is 3. The van der Waals surface area contributed by atoms with Gasteiger partial charge in [-0.2, -0.15) is 4.31 Å². The second-order valence-corrected chi connectivity index (χ2v) is 8.85. The summed E-state index contributed by atoms with van der Waals surface area (Å²) in [7, 11) is -2.05. The Bertz CT molecular complexity index is 959. The highest BCUT2D eigenvalue weighted by Crippen LogP contribution is 2.33. The second-order valence-electron chi connectivity index (χ2n) is 6.51. The maximum Gasteiger partial charge on any atom is 0.270 e. The minimum atomic E-state index is -3.81. The van der Waals surface area contributed by atoms with Gasteiger partial charge < -0.3 is 4.90 Å². The lowest BCUT2D eigenvalue weighted by molar-refractivity contribution is -0.385. The molecule has 0 spiro atoms. The van der Waals surface area contributed by atoms with E-state index in [1.807, 2.05) is 12.1 Å². The van der Waals surface area contributed by atoms with Crippen LogP contribution in [0.1, 0.15) is 18.4 Å². The summed E-state index contributed by atoms with van der Waals surface area (Å²) in [6.45, 7) is 1.28. The van der Waals surface area contributed by atoms with Crippen LogP contribution in [0.4, 0.5) is 11.4 Å². The first-order chi connectivity index (χ1) is 12.8. The summed E-state index contributed by atoms with van der Waals surface area (Å²) in [6, 6.07) is 11.2. The molecule has 0 N–H and O–H groups in total. The van der Waals surface area contributed by atoms with Crippen LogP contribution in [0.3, 0.4) is 0 Å². The van der Waals surface area contributed by atoms with Crippen molar-refractivity contribution in [2.75, 3.05) is 25.0 Å². The predicted molar refractivity (Wildman–Crippen MR) is 105 cm³/mol. The number of rotatable bonds is 6. The van der Waals surface area contributed by atoms with Crippen molar-refractivity contribution < 1.29 is 13.3 Å². The minimum Gasteiger partial charge on any atom is -0.369 e. The van der Waals surface area contributed by atoms with Gasteiger partial charge in [0.25, 0.3) is 5.69 Å². The first-order valence-corrected chi connectivity index (χ1v) is 10.3. The molecule has 0 radical (unpaired) electrons. The van der Waals surface area contributed by atoms with E-state index in [0.29, 0.717) is 30.3 Å². The monoisotopic (exact) mass is 409 g/mol. The highest BCUT2D eigenvalue weighted by Gasteiger charge is 2.31. The van der Waals surface area contributed by atoms with Crippen molar-refractivity contribution in [1.82, 2.24) is 4.31 Å². The van der Waals surface area contributed by atoms with Crippen LogP contribution in [0.15, 0.2) is 47.4 Å². The maximum absolute atomic E-state index is 13.1. The summed E-state index contributed by atoms with van der Waals surface area (Å²) in [5.74, 6) is 0. The number of sulfonamides is 1. The van der Waals surface area contributed by atoms with Gasteiger partial charge in [-0.05, 0) is 36.6 Å². The van der Waals surface area contributed by atoms with Crippen LogP contribution in [-0.2, 0) is 16.6 Å². The Morgan fingerprint density at radius 1 is 1.19 bits per heavy atom. The summed E-state index contributed by atoms with van der Waals surface area (Å²) in [6.07, 6.45) is 1.59. The van der Waals surface area contributed by atoms with E-state index in [0.717, 1.165) is 24.5 Å². The summed E-state index contributed by atoms with van der Waals surface area (Å²) in [4.78, 5) is 12.3. The van der Waals surface area contributed by atoms with E-state index in [9.17, 15) is 18.5 Å². The van der Waals surface area contributed by atoms with Gasteiger partial charge in [-0.25, -0.2) is 8.42 Å². The van der Waals surface area contributed by atoms with Crippen molar-refractivity contribution >= 4 is 33.0 Å². The van der Waals surface area contributed by atoms with Crippen LogP contribution in [0.25, 0.3) is 0 Å². The third kappa shape index (κ3) is 4.23. The number of hydrogen-bond acceptors (Lipinski definition) is 5. The van der Waals surface area contributed by atoms with E-state index in [4.69, 9.17) is 11.6 Å².